The first-order chi connectivity index (χ1) is 12.7. The summed E-state index contributed by atoms with van der Waals surface area (Å²) in [5.74, 6) is 1.99. The fourth-order valence-electron chi connectivity index (χ4n) is 3.16. The van der Waals surface area contributed by atoms with E-state index >= 15 is 0 Å². The van der Waals surface area contributed by atoms with Crippen molar-refractivity contribution in [3.05, 3.63) is 29.8 Å². The Balaban J connectivity index is 0.00000364. The SMILES string of the molecule is CCNC(=NCc1cccc(OC)c1)NCCNC(=O)C1CCCCC1.I. The number of hydrogen-bond acceptors (Lipinski definition) is 3. The number of halogens is 1. The number of aliphatic imine (C=N–C) groups is 1. The second-order valence-corrected chi connectivity index (χ2v) is 6.60. The number of nitrogens with one attached hydrogen (secondary N) is 3. The Morgan fingerprint density at radius 3 is 2.59 bits per heavy atom. The molecule has 1 fully saturated rings. The van der Waals surface area contributed by atoms with E-state index < -0.39 is 0 Å². The van der Waals surface area contributed by atoms with Gasteiger partial charge < -0.3 is 20.7 Å². The van der Waals surface area contributed by atoms with E-state index in [1.807, 2.05) is 31.2 Å². The minimum atomic E-state index is 0. The fourth-order valence-corrected chi connectivity index (χ4v) is 3.16. The molecule has 1 aromatic carbocycles. The van der Waals surface area contributed by atoms with E-state index in [-0.39, 0.29) is 35.8 Å². The lowest BCUT2D eigenvalue weighted by atomic mass is 9.89. The molecule has 1 aliphatic rings. The second kappa shape index (κ2) is 13.6. The molecule has 0 spiro atoms. The van der Waals surface area contributed by atoms with Crippen molar-refractivity contribution in [2.75, 3.05) is 26.7 Å². The Morgan fingerprint density at radius 1 is 1.15 bits per heavy atom. The molecule has 3 N–H and O–H groups in total. The summed E-state index contributed by atoms with van der Waals surface area (Å²) in [4.78, 5) is 16.7. The van der Waals surface area contributed by atoms with Crippen molar-refractivity contribution in [2.24, 2.45) is 10.9 Å². The molecule has 1 saturated carbocycles. The van der Waals surface area contributed by atoms with Crippen LogP contribution in [0.2, 0.25) is 0 Å². The average molecular weight is 488 g/mol. The molecule has 152 valence electrons. The summed E-state index contributed by atoms with van der Waals surface area (Å²) >= 11 is 0. The van der Waals surface area contributed by atoms with E-state index in [0.29, 0.717) is 19.6 Å². The monoisotopic (exact) mass is 488 g/mol. The maximum absolute atomic E-state index is 12.1. The van der Waals surface area contributed by atoms with Crippen LogP contribution < -0.4 is 20.7 Å². The van der Waals surface area contributed by atoms with Crippen LogP contribution in [0.25, 0.3) is 0 Å². The van der Waals surface area contributed by atoms with Gasteiger partial charge in [0.25, 0.3) is 0 Å². The number of amides is 1. The van der Waals surface area contributed by atoms with Gasteiger partial charge in [-0.3, -0.25) is 4.79 Å². The molecule has 0 atom stereocenters. The van der Waals surface area contributed by atoms with Crippen molar-refractivity contribution < 1.29 is 9.53 Å². The molecule has 1 aromatic rings. The molecule has 1 amide bonds. The first kappa shape index (κ1) is 23.5. The molecule has 0 aliphatic heterocycles. The van der Waals surface area contributed by atoms with Crippen LogP contribution in [0.4, 0.5) is 0 Å². The Morgan fingerprint density at radius 2 is 1.89 bits per heavy atom. The lowest BCUT2D eigenvalue weighted by Crippen LogP contribution is -2.42. The van der Waals surface area contributed by atoms with Crippen molar-refractivity contribution in [3.8, 4) is 5.75 Å². The Labute approximate surface area is 179 Å². The summed E-state index contributed by atoms with van der Waals surface area (Å²) < 4.78 is 5.24. The van der Waals surface area contributed by atoms with Crippen molar-refractivity contribution >= 4 is 35.8 Å². The van der Waals surface area contributed by atoms with Gasteiger partial charge in [0, 0.05) is 25.6 Å². The van der Waals surface area contributed by atoms with Crippen LogP contribution >= 0.6 is 24.0 Å². The molecule has 2 rings (SSSR count). The average Bonchev–Trinajstić information content (AvgIpc) is 2.69. The van der Waals surface area contributed by atoms with Crippen molar-refractivity contribution in [1.82, 2.24) is 16.0 Å². The number of carbonyl (C=O) groups is 1. The summed E-state index contributed by atoms with van der Waals surface area (Å²) in [5.41, 5.74) is 1.09. The lowest BCUT2D eigenvalue weighted by Gasteiger charge is -2.21. The third kappa shape index (κ3) is 8.81. The number of ether oxygens (including phenoxy) is 1. The van der Waals surface area contributed by atoms with Gasteiger partial charge in [0.05, 0.1) is 13.7 Å². The zero-order valence-electron chi connectivity index (χ0n) is 16.4. The van der Waals surface area contributed by atoms with Gasteiger partial charge in [-0.05, 0) is 37.5 Å². The van der Waals surface area contributed by atoms with Crippen molar-refractivity contribution in [2.45, 2.75) is 45.6 Å². The predicted molar refractivity (Wildman–Crippen MR) is 121 cm³/mol. The van der Waals surface area contributed by atoms with Gasteiger partial charge in [-0.1, -0.05) is 31.4 Å². The molecule has 27 heavy (non-hydrogen) atoms. The fraction of sp³-hybridized carbons (Fsp3) is 0.600. The van der Waals surface area contributed by atoms with Crippen LogP contribution in [0.5, 0.6) is 5.75 Å². The highest BCUT2D eigenvalue weighted by molar-refractivity contribution is 14.0. The molecule has 0 heterocycles. The highest BCUT2D eigenvalue weighted by atomic mass is 127. The zero-order valence-corrected chi connectivity index (χ0v) is 18.8. The summed E-state index contributed by atoms with van der Waals surface area (Å²) in [5, 5.41) is 9.54. The first-order valence-electron chi connectivity index (χ1n) is 9.65. The molecule has 0 aromatic heterocycles. The van der Waals surface area contributed by atoms with E-state index in [9.17, 15) is 4.79 Å². The first-order valence-corrected chi connectivity index (χ1v) is 9.65. The number of rotatable bonds is 8. The zero-order chi connectivity index (χ0) is 18.6. The number of carbonyl (C=O) groups excluding carboxylic acids is 1. The smallest absolute Gasteiger partial charge is 0.223 e. The molecule has 6 nitrogen and oxygen atoms in total. The quantitative estimate of drug-likeness (QED) is 0.228. The van der Waals surface area contributed by atoms with Crippen LogP contribution in [-0.4, -0.2) is 38.6 Å². The molecule has 0 radical (unpaired) electrons. The van der Waals surface area contributed by atoms with Crippen LogP contribution in [0.3, 0.4) is 0 Å². The van der Waals surface area contributed by atoms with E-state index in [1.54, 1.807) is 7.11 Å². The molecule has 1 aliphatic carbocycles. The molecule has 7 heteroatoms. The maximum Gasteiger partial charge on any atom is 0.223 e. The number of nitrogens with zero attached hydrogens (tertiary/aromatic N) is 1. The molecule has 0 bridgehead atoms. The van der Waals surface area contributed by atoms with Crippen LogP contribution in [0, 0.1) is 5.92 Å². The number of hydrogen-bond donors (Lipinski definition) is 3. The molecule has 0 unspecified atom stereocenters. The van der Waals surface area contributed by atoms with Crippen molar-refractivity contribution in [1.29, 1.82) is 0 Å². The number of guanidine groups is 1. The van der Waals surface area contributed by atoms with E-state index in [1.165, 1.54) is 19.3 Å². The van der Waals surface area contributed by atoms with Crippen LogP contribution in [0.1, 0.15) is 44.6 Å². The summed E-state index contributed by atoms with van der Waals surface area (Å²) in [6.07, 6.45) is 5.69. The molecular formula is C20H33IN4O2. The Kier molecular flexibility index (Phi) is 11.9. The largest absolute Gasteiger partial charge is 0.497 e. The third-order valence-corrected chi connectivity index (χ3v) is 4.59. The lowest BCUT2D eigenvalue weighted by molar-refractivity contribution is -0.125. The number of methoxy groups -OCH3 is 1. The van der Waals surface area contributed by atoms with Gasteiger partial charge in [-0.2, -0.15) is 0 Å². The highest BCUT2D eigenvalue weighted by Crippen LogP contribution is 2.23. The summed E-state index contributed by atoms with van der Waals surface area (Å²) in [6.45, 7) is 4.66. The molecular weight excluding hydrogens is 455 g/mol. The van der Waals surface area contributed by atoms with Gasteiger partial charge in [0.2, 0.25) is 5.91 Å². The highest BCUT2D eigenvalue weighted by Gasteiger charge is 2.20. The van der Waals surface area contributed by atoms with Gasteiger partial charge in [-0.25, -0.2) is 4.99 Å². The van der Waals surface area contributed by atoms with Crippen molar-refractivity contribution in [3.63, 3.8) is 0 Å². The van der Waals surface area contributed by atoms with E-state index in [4.69, 9.17) is 4.74 Å². The Bertz CT molecular complexity index is 589. The van der Waals surface area contributed by atoms with Crippen LogP contribution in [-0.2, 0) is 11.3 Å². The van der Waals surface area contributed by atoms with Crippen LogP contribution in [0.15, 0.2) is 29.3 Å². The normalized spacial score (nSPS) is 14.8. The van der Waals surface area contributed by atoms with E-state index in [2.05, 4.69) is 20.9 Å². The van der Waals surface area contributed by atoms with Gasteiger partial charge in [0.1, 0.15) is 5.75 Å². The second-order valence-electron chi connectivity index (χ2n) is 6.60. The molecule has 0 saturated heterocycles. The number of benzene rings is 1. The van der Waals surface area contributed by atoms with Gasteiger partial charge in [0.15, 0.2) is 5.96 Å². The standard InChI is InChI=1S/C20H32N4O2.HI/c1-3-21-20(24-15-16-8-7-11-18(14-16)26-2)23-13-12-22-19(25)17-9-5-4-6-10-17;/h7-8,11,14,17H,3-6,9-10,12-13,15H2,1-2H3,(H,22,25)(H2,21,23,24);1H. The third-order valence-electron chi connectivity index (χ3n) is 4.59. The topological polar surface area (TPSA) is 74.8 Å². The maximum atomic E-state index is 12.1. The summed E-state index contributed by atoms with van der Waals surface area (Å²) in [7, 11) is 1.66. The van der Waals surface area contributed by atoms with E-state index in [0.717, 1.165) is 36.7 Å². The van der Waals surface area contributed by atoms with Gasteiger partial charge >= 0.3 is 0 Å². The summed E-state index contributed by atoms with van der Waals surface area (Å²) in [6, 6.07) is 7.90. The van der Waals surface area contributed by atoms with Gasteiger partial charge in [-0.15, -0.1) is 24.0 Å². The predicted octanol–water partition coefficient (Wildman–Crippen LogP) is 3.06. The minimum Gasteiger partial charge on any atom is -0.497 e. The Hall–Kier alpha value is -1.51. The minimum absolute atomic E-state index is 0.